The molecule has 1 fully saturated rings. The molecule has 1 aromatic carbocycles. The van der Waals surface area contributed by atoms with Crippen LogP contribution in [-0.2, 0) is 0 Å². The van der Waals surface area contributed by atoms with Crippen LogP contribution in [0.15, 0.2) is 40.0 Å². The summed E-state index contributed by atoms with van der Waals surface area (Å²) < 4.78 is 5.45. The molecule has 1 heterocycles. The van der Waals surface area contributed by atoms with Crippen LogP contribution in [0.25, 0.3) is 0 Å². The molecule has 1 aliphatic heterocycles. The molecule has 1 aromatic rings. The number of amidine groups is 1. The summed E-state index contributed by atoms with van der Waals surface area (Å²) in [5.41, 5.74) is 2.33. The highest BCUT2D eigenvalue weighted by atomic mass is 35.5. The molecule has 19 heavy (non-hydrogen) atoms. The van der Waals surface area contributed by atoms with E-state index in [4.69, 9.17) is 27.9 Å². The summed E-state index contributed by atoms with van der Waals surface area (Å²) in [6.07, 6.45) is 1.95. The van der Waals surface area contributed by atoms with E-state index in [-0.39, 0.29) is 6.04 Å². The fourth-order valence-electron chi connectivity index (χ4n) is 2.92. The third-order valence-electron chi connectivity index (χ3n) is 3.78. The van der Waals surface area contributed by atoms with Gasteiger partial charge < -0.3 is 10.1 Å². The smallest absolute Gasteiger partial charge is 0.197 e. The number of nitrogens with one attached hydrogen (secondary N) is 1. The van der Waals surface area contributed by atoms with Gasteiger partial charge in [0.05, 0.1) is 13.2 Å². The van der Waals surface area contributed by atoms with Crippen molar-refractivity contribution in [2.75, 3.05) is 7.11 Å². The summed E-state index contributed by atoms with van der Waals surface area (Å²) in [4.78, 5) is 4.08. The topological polar surface area (TPSA) is 33.6 Å². The normalized spacial score (nSPS) is 25.7. The lowest BCUT2D eigenvalue weighted by Gasteiger charge is -2.26. The number of nitrogens with zero attached hydrogens (tertiary/aromatic N) is 1. The summed E-state index contributed by atoms with van der Waals surface area (Å²) in [6, 6.07) is 8.20. The predicted molar refractivity (Wildman–Crippen MR) is 78.1 cm³/mol. The Bertz CT molecular complexity index is 568. The van der Waals surface area contributed by atoms with Crippen LogP contribution >= 0.6 is 23.2 Å². The van der Waals surface area contributed by atoms with Crippen LogP contribution in [0.4, 0.5) is 0 Å². The standard InChI is InChI=1S/C14H14Cl2N2O/c1-19-11-5-3-2-4-8(11)9-6-7-10-12(9)17-14(16)18-13(10)15/h2-5,9,12H,6-7H2,1H3,(H,17,18). The molecular formula is C14H14Cl2N2O. The predicted octanol–water partition coefficient (Wildman–Crippen LogP) is 3.59. The molecule has 1 aliphatic carbocycles. The summed E-state index contributed by atoms with van der Waals surface area (Å²) in [7, 11) is 1.69. The van der Waals surface area contributed by atoms with Crippen molar-refractivity contribution >= 4 is 28.5 Å². The largest absolute Gasteiger partial charge is 0.496 e. The van der Waals surface area contributed by atoms with Crippen LogP contribution in [0.1, 0.15) is 24.3 Å². The first-order chi connectivity index (χ1) is 9.20. The molecule has 0 spiro atoms. The average molecular weight is 297 g/mol. The lowest BCUT2D eigenvalue weighted by molar-refractivity contribution is 0.402. The van der Waals surface area contributed by atoms with E-state index in [2.05, 4.69) is 16.4 Å². The Kier molecular flexibility index (Phi) is 3.42. The second-order valence-electron chi connectivity index (χ2n) is 4.73. The van der Waals surface area contributed by atoms with Crippen molar-refractivity contribution in [2.24, 2.45) is 4.99 Å². The highest BCUT2D eigenvalue weighted by molar-refractivity contribution is 6.65. The number of hydrogen-bond donors (Lipinski definition) is 1. The van der Waals surface area contributed by atoms with Crippen molar-refractivity contribution in [3.05, 3.63) is 40.6 Å². The summed E-state index contributed by atoms with van der Waals surface area (Å²) in [5.74, 6) is 1.22. The van der Waals surface area contributed by atoms with Crippen LogP contribution in [0.5, 0.6) is 5.75 Å². The number of fused-ring (bicyclic) bond motifs is 1. The molecule has 0 radical (unpaired) electrons. The first-order valence-electron chi connectivity index (χ1n) is 6.23. The van der Waals surface area contributed by atoms with Crippen molar-refractivity contribution in [2.45, 2.75) is 24.8 Å². The Balaban J connectivity index is 1.98. The first kappa shape index (κ1) is 12.8. The first-order valence-corrected chi connectivity index (χ1v) is 6.98. The Morgan fingerprint density at radius 2 is 2.11 bits per heavy atom. The van der Waals surface area contributed by atoms with Gasteiger partial charge in [0.25, 0.3) is 0 Å². The number of rotatable bonds is 2. The number of ether oxygens (including phenoxy) is 1. The Morgan fingerprint density at radius 1 is 1.32 bits per heavy atom. The third kappa shape index (κ3) is 2.21. The third-order valence-corrected chi connectivity index (χ3v) is 4.30. The molecular weight excluding hydrogens is 283 g/mol. The fraction of sp³-hybridized carbons (Fsp3) is 0.357. The van der Waals surface area contributed by atoms with Crippen molar-refractivity contribution in [1.29, 1.82) is 0 Å². The molecule has 100 valence electrons. The van der Waals surface area contributed by atoms with E-state index in [1.807, 2.05) is 18.2 Å². The molecule has 3 nitrogen and oxygen atoms in total. The Labute approximate surface area is 122 Å². The van der Waals surface area contributed by atoms with Crippen molar-refractivity contribution in [1.82, 2.24) is 5.32 Å². The van der Waals surface area contributed by atoms with Crippen LogP contribution in [0, 0.1) is 0 Å². The van der Waals surface area contributed by atoms with E-state index in [0.717, 1.165) is 24.2 Å². The van der Waals surface area contributed by atoms with Crippen LogP contribution in [0.2, 0.25) is 0 Å². The average Bonchev–Trinajstić information content (AvgIpc) is 2.82. The van der Waals surface area contributed by atoms with Gasteiger partial charge in [-0.05, 0) is 41.6 Å². The number of benzene rings is 1. The highest BCUT2D eigenvalue weighted by Gasteiger charge is 2.38. The van der Waals surface area contributed by atoms with Gasteiger partial charge in [-0.15, -0.1) is 0 Å². The van der Waals surface area contributed by atoms with Crippen LogP contribution in [-0.4, -0.2) is 18.4 Å². The van der Waals surface area contributed by atoms with Crippen LogP contribution < -0.4 is 10.1 Å². The molecule has 0 bridgehead atoms. The molecule has 1 N–H and O–H groups in total. The number of halogens is 2. The summed E-state index contributed by atoms with van der Waals surface area (Å²) >= 11 is 12.2. The molecule has 2 unspecified atom stereocenters. The molecule has 0 aromatic heterocycles. The van der Waals surface area contributed by atoms with Gasteiger partial charge in [-0.3, -0.25) is 0 Å². The molecule has 5 heteroatoms. The maximum Gasteiger partial charge on any atom is 0.197 e. The van der Waals surface area contributed by atoms with Crippen molar-refractivity contribution in [3.8, 4) is 5.75 Å². The maximum absolute atomic E-state index is 6.18. The van der Waals surface area contributed by atoms with Gasteiger partial charge in [0, 0.05) is 5.92 Å². The molecule has 2 atom stereocenters. The van der Waals surface area contributed by atoms with Gasteiger partial charge >= 0.3 is 0 Å². The second-order valence-corrected chi connectivity index (χ2v) is 5.44. The van der Waals surface area contributed by atoms with E-state index in [1.54, 1.807) is 7.11 Å². The van der Waals surface area contributed by atoms with E-state index < -0.39 is 0 Å². The molecule has 0 saturated heterocycles. The lowest BCUT2D eigenvalue weighted by atomic mass is 9.92. The quantitative estimate of drug-likeness (QED) is 0.846. The Morgan fingerprint density at radius 3 is 2.89 bits per heavy atom. The minimum absolute atomic E-state index is 0.119. The summed E-state index contributed by atoms with van der Waals surface area (Å²) in [6.45, 7) is 0. The maximum atomic E-state index is 6.18. The Hall–Kier alpha value is -1.19. The fourth-order valence-corrected chi connectivity index (χ4v) is 3.46. The second kappa shape index (κ2) is 5.06. The zero-order valence-electron chi connectivity index (χ0n) is 10.5. The van der Waals surface area contributed by atoms with E-state index in [0.29, 0.717) is 16.4 Å². The van der Waals surface area contributed by atoms with Gasteiger partial charge in [-0.25, -0.2) is 4.99 Å². The number of aliphatic imine (C=N–C) groups is 1. The molecule has 0 amide bonds. The van der Waals surface area contributed by atoms with Gasteiger partial charge in [-0.2, -0.15) is 0 Å². The van der Waals surface area contributed by atoms with Crippen molar-refractivity contribution in [3.63, 3.8) is 0 Å². The molecule has 3 rings (SSSR count). The number of para-hydroxylation sites is 1. The highest BCUT2D eigenvalue weighted by Crippen LogP contribution is 2.44. The summed E-state index contributed by atoms with van der Waals surface area (Å²) in [5, 5.41) is 4.12. The van der Waals surface area contributed by atoms with Crippen LogP contribution in [0.3, 0.4) is 0 Å². The van der Waals surface area contributed by atoms with E-state index in [9.17, 15) is 0 Å². The zero-order chi connectivity index (χ0) is 13.4. The molecule has 1 saturated carbocycles. The number of methoxy groups -OCH3 is 1. The SMILES string of the molecule is COc1ccccc1C1CCC2=C(Cl)N=C(Cl)NC21. The van der Waals surface area contributed by atoms with Gasteiger partial charge in [0.15, 0.2) is 5.29 Å². The number of hydrogen-bond acceptors (Lipinski definition) is 3. The zero-order valence-corrected chi connectivity index (χ0v) is 12.0. The minimum atomic E-state index is 0.119. The molecule has 2 aliphatic rings. The monoisotopic (exact) mass is 296 g/mol. The minimum Gasteiger partial charge on any atom is -0.496 e. The van der Waals surface area contributed by atoms with Gasteiger partial charge in [0.1, 0.15) is 10.9 Å². The van der Waals surface area contributed by atoms with Crippen molar-refractivity contribution < 1.29 is 4.74 Å². The van der Waals surface area contributed by atoms with E-state index in [1.165, 1.54) is 5.56 Å². The lowest BCUT2D eigenvalue weighted by Crippen LogP contribution is -2.37. The van der Waals surface area contributed by atoms with Gasteiger partial charge in [0.2, 0.25) is 0 Å². The van der Waals surface area contributed by atoms with E-state index >= 15 is 0 Å². The van der Waals surface area contributed by atoms with Gasteiger partial charge in [-0.1, -0.05) is 29.8 Å².